The van der Waals surface area contributed by atoms with Crippen molar-refractivity contribution in [2.24, 2.45) is 0 Å². The molecule has 0 saturated carbocycles. The van der Waals surface area contributed by atoms with E-state index in [1.807, 2.05) is 0 Å². The van der Waals surface area contributed by atoms with Crippen molar-refractivity contribution in [3.05, 3.63) is 53.7 Å². The molecular formula is C13H11F3N2O2S. The van der Waals surface area contributed by atoms with Gasteiger partial charge in [-0.25, -0.2) is 13.4 Å². The first-order valence-corrected chi connectivity index (χ1v) is 7.29. The second-order valence-electron chi connectivity index (χ2n) is 4.35. The monoisotopic (exact) mass is 316 g/mol. The lowest BCUT2D eigenvalue weighted by atomic mass is 10.2. The van der Waals surface area contributed by atoms with Crippen LogP contribution in [0.2, 0.25) is 0 Å². The molecule has 0 amide bonds. The number of sulfonamides is 1. The molecule has 4 nitrogen and oxygen atoms in total. The fourth-order valence-corrected chi connectivity index (χ4v) is 2.67. The fraction of sp³-hybridized carbons (Fsp3) is 0.154. The molecule has 0 aliphatic rings. The molecule has 2 rings (SSSR count). The molecule has 0 bridgehead atoms. The number of anilines is 1. The van der Waals surface area contributed by atoms with Gasteiger partial charge in [-0.2, -0.15) is 13.2 Å². The molecule has 0 aliphatic carbocycles. The molecule has 21 heavy (non-hydrogen) atoms. The van der Waals surface area contributed by atoms with E-state index in [2.05, 4.69) is 9.71 Å². The summed E-state index contributed by atoms with van der Waals surface area (Å²) in [6.07, 6.45) is -3.20. The van der Waals surface area contributed by atoms with E-state index >= 15 is 0 Å². The molecule has 0 fully saturated rings. The highest BCUT2D eigenvalue weighted by Crippen LogP contribution is 2.30. The van der Waals surface area contributed by atoms with Gasteiger partial charge < -0.3 is 0 Å². The summed E-state index contributed by atoms with van der Waals surface area (Å²) in [5.74, 6) is 0.0485. The van der Waals surface area contributed by atoms with E-state index in [9.17, 15) is 21.6 Å². The highest BCUT2D eigenvalue weighted by atomic mass is 32.2. The van der Waals surface area contributed by atoms with Crippen molar-refractivity contribution in [3.8, 4) is 0 Å². The normalized spacial score (nSPS) is 12.2. The van der Waals surface area contributed by atoms with E-state index in [-0.39, 0.29) is 5.82 Å². The summed E-state index contributed by atoms with van der Waals surface area (Å²) < 4.78 is 64.1. The average Bonchev–Trinajstić information content (AvgIpc) is 2.37. The molecule has 1 aromatic carbocycles. The number of rotatable bonds is 3. The third-order valence-corrected chi connectivity index (χ3v) is 3.98. The fourth-order valence-electron chi connectivity index (χ4n) is 1.63. The van der Waals surface area contributed by atoms with Gasteiger partial charge >= 0.3 is 6.18 Å². The zero-order valence-corrected chi connectivity index (χ0v) is 11.7. The van der Waals surface area contributed by atoms with E-state index in [1.165, 1.54) is 12.3 Å². The number of aromatic nitrogens is 1. The van der Waals surface area contributed by atoms with Crippen LogP contribution in [0.25, 0.3) is 0 Å². The minimum atomic E-state index is -4.60. The molecule has 0 aliphatic heterocycles. The maximum Gasteiger partial charge on any atom is 0.416 e. The molecule has 0 saturated heterocycles. The maximum atomic E-state index is 12.6. The van der Waals surface area contributed by atoms with Crippen LogP contribution in [0.4, 0.5) is 19.0 Å². The lowest BCUT2D eigenvalue weighted by molar-refractivity contribution is -0.137. The van der Waals surface area contributed by atoms with Gasteiger partial charge in [0, 0.05) is 6.20 Å². The van der Waals surface area contributed by atoms with Gasteiger partial charge in [0.15, 0.2) is 0 Å². The Labute approximate surface area is 119 Å². The molecule has 1 heterocycles. The molecular weight excluding hydrogens is 305 g/mol. The van der Waals surface area contributed by atoms with Crippen molar-refractivity contribution in [2.45, 2.75) is 18.0 Å². The van der Waals surface area contributed by atoms with Gasteiger partial charge in [-0.15, -0.1) is 0 Å². The van der Waals surface area contributed by atoms with Crippen LogP contribution >= 0.6 is 0 Å². The van der Waals surface area contributed by atoms with E-state index in [1.54, 1.807) is 13.0 Å². The molecule has 0 spiro atoms. The predicted octanol–water partition coefficient (Wildman–Crippen LogP) is 3.21. The van der Waals surface area contributed by atoms with Crippen molar-refractivity contribution in [1.82, 2.24) is 4.98 Å². The summed E-state index contributed by atoms with van der Waals surface area (Å²) in [5, 5.41) is 0. The lowest BCUT2D eigenvalue weighted by Gasteiger charge is -2.10. The quantitative estimate of drug-likeness (QED) is 0.946. The van der Waals surface area contributed by atoms with Crippen LogP contribution in [0, 0.1) is 6.92 Å². The number of benzene rings is 1. The first-order chi connectivity index (χ1) is 9.68. The van der Waals surface area contributed by atoms with E-state index < -0.39 is 26.7 Å². The van der Waals surface area contributed by atoms with Crippen LogP contribution in [0.1, 0.15) is 11.1 Å². The largest absolute Gasteiger partial charge is 0.416 e. The summed E-state index contributed by atoms with van der Waals surface area (Å²) in [6.45, 7) is 1.74. The number of nitrogens with one attached hydrogen (secondary N) is 1. The number of halogens is 3. The molecule has 8 heteroatoms. The number of nitrogens with zero attached hydrogens (tertiary/aromatic N) is 1. The Morgan fingerprint density at radius 2 is 1.86 bits per heavy atom. The Balaban J connectivity index is 2.36. The number of alkyl halides is 3. The van der Waals surface area contributed by atoms with Crippen LogP contribution < -0.4 is 4.72 Å². The predicted molar refractivity (Wildman–Crippen MR) is 71.2 cm³/mol. The van der Waals surface area contributed by atoms with E-state index in [0.717, 1.165) is 23.8 Å². The van der Waals surface area contributed by atoms with E-state index in [4.69, 9.17) is 0 Å². The molecule has 0 atom stereocenters. The van der Waals surface area contributed by atoms with Gasteiger partial charge in [0.1, 0.15) is 5.82 Å². The summed E-state index contributed by atoms with van der Waals surface area (Å²) in [4.78, 5) is 3.34. The van der Waals surface area contributed by atoms with Crippen molar-refractivity contribution in [3.63, 3.8) is 0 Å². The minimum Gasteiger partial charge on any atom is -0.263 e. The smallest absolute Gasteiger partial charge is 0.263 e. The standard InChI is InChI=1S/C13H11F3N2O2S/c1-9-5-6-17-12(7-9)18-21(19,20)11-4-2-3-10(8-11)13(14,15)16/h2-8H,1H3,(H,17,18). The zero-order chi connectivity index (χ0) is 15.7. The summed E-state index contributed by atoms with van der Waals surface area (Å²) in [7, 11) is -4.13. The molecule has 112 valence electrons. The SMILES string of the molecule is Cc1ccnc(NS(=O)(=O)c2cccc(C(F)(F)F)c2)c1. The third-order valence-electron chi connectivity index (χ3n) is 2.63. The Kier molecular flexibility index (Phi) is 3.91. The Morgan fingerprint density at radius 1 is 1.14 bits per heavy atom. The molecule has 1 aromatic heterocycles. The van der Waals surface area contributed by atoms with Crippen LogP contribution in [0.5, 0.6) is 0 Å². The van der Waals surface area contributed by atoms with Gasteiger partial charge in [-0.05, 0) is 42.8 Å². The number of hydrogen-bond acceptors (Lipinski definition) is 3. The van der Waals surface area contributed by atoms with Gasteiger partial charge in [0.25, 0.3) is 10.0 Å². The topological polar surface area (TPSA) is 59.1 Å². The number of pyridine rings is 1. The van der Waals surface area contributed by atoms with Crippen LogP contribution in [0.3, 0.4) is 0 Å². The van der Waals surface area contributed by atoms with Crippen molar-refractivity contribution < 1.29 is 21.6 Å². The highest BCUT2D eigenvalue weighted by molar-refractivity contribution is 7.92. The molecule has 1 N–H and O–H groups in total. The molecule has 2 aromatic rings. The molecule has 0 radical (unpaired) electrons. The Bertz CT molecular complexity index is 758. The average molecular weight is 316 g/mol. The Hall–Kier alpha value is -2.09. The van der Waals surface area contributed by atoms with Crippen molar-refractivity contribution in [1.29, 1.82) is 0 Å². The first kappa shape index (κ1) is 15.3. The Morgan fingerprint density at radius 3 is 2.48 bits per heavy atom. The first-order valence-electron chi connectivity index (χ1n) is 5.81. The molecule has 0 unspecified atom stereocenters. The lowest BCUT2D eigenvalue weighted by Crippen LogP contribution is -2.15. The highest BCUT2D eigenvalue weighted by Gasteiger charge is 2.31. The van der Waals surface area contributed by atoms with Crippen molar-refractivity contribution >= 4 is 15.8 Å². The van der Waals surface area contributed by atoms with Gasteiger partial charge in [-0.1, -0.05) is 6.07 Å². The van der Waals surface area contributed by atoms with Crippen LogP contribution in [-0.2, 0) is 16.2 Å². The minimum absolute atomic E-state index is 0.0485. The summed E-state index contributed by atoms with van der Waals surface area (Å²) in [5.41, 5.74) is -0.255. The van der Waals surface area contributed by atoms with Crippen LogP contribution in [-0.4, -0.2) is 13.4 Å². The van der Waals surface area contributed by atoms with Crippen LogP contribution in [0.15, 0.2) is 47.5 Å². The third kappa shape index (κ3) is 3.72. The summed E-state index contributed by atoms with van der Waals surface area (Å²) >= 11 is 0. The van der Waals surface area contributed by atoms with Crippen molar-refractivity contribution in [2.75, 3.05) is 4.72 Å². The second kappa shape index (κ2) is 5.36. The van der Waals surface area contributed by atoms with Gasteiger partial charge in [0.05, 0.1) is 10.5 Å². The maximum absolute atomic E-state index is 12.6. The van der Waals surface area contributed by atoms with Gasteiger partial charge in [0.2, 0.25) is 0 Å². The van der Waals surface area contributed by atoms with E-state index in [0.29, 0.717) is 6.07 Å². The zero-order valence-electron chi connectivity index (χ0n) is 10.8. The number of aryl methyl sites for hydroxylation is 1. The second-order valence-corrected chi connectivity index (χ2v) is 6.03. The number of hydrogen-bond donors (Lipinski definition) is 1. The van der Waals surface area contributed by atoms with Gasteiger partial charge in [-0.3, -0.25) is 4.72 Å². The summed E-state index contributed by atoms with van der Waals surface area (Å²) in [6, 6.07) is 6.67.